The average Bonchev–Trinajstić information content (AvgIpc) is 2.77. The third kappa shape index (κ3) is 4.41. The predicted molar refractivity (Wildman–Crippen MR) is 122 cm³/mol. The van der Waals surface area contributed by atoms with Gasteiger partial charge in [-0.3, -0.25) is 0 Å². The molecule has 0 saturated carbocycles. The number of methoxy groups -OCH3 is 3. The Morgan fingerprint density at radius 1 is 0.935 bits per heavy atom. The lowest BCUT2D eigenvalue weighted by molar-refractivity contribution is 0.325. The molecule has 0 unspecified atom stereocenters. The first-order valence-corrected chi connectivity index (χ1v) is 10.0. The van der Waals surface area contributed by atoms with Crippen molar-refractivity contribution in [1.82, 2.24) is 4.98 Å². The summed E-state index contributed by atoms with van der Waals surface area (Å²) < 4.78 is 16.5. The van der Waals surface area contributed by atoms with Crippen LogP contribution in [0.3, 0.4) is 0 Å². The Kier molecular flexibility index (Phi) is 6.66. The number of pyridine rings is 1. The fourth-order valence-electron chi connectivity index (χ4n) is 3.64. The largest absolute Gasteiger partial charge is 0.493 e. The van der Waals surface area contributed by atoms with Gasteiger partial charge in [-0.15, -0.1) is 0 Å². The minimum absolute atomic E-state index is 0.165. The van der Waals surface area contributed by atoms with Gasteiger partial charge in [0.2, 0.25) is 5.75 Å². The second-order valence-corrected chi connectivity index (χ2v) is 7.60. The summed E-state index contributed by atoms with van der Waals surface area (Å²) in [6, 6.07) is 15.9. The number of ether oxygens (including phenoxy) is 3. The van der Waals surface area contributed by atoms with Crippen LogP contribution in [0.4, 0.5) is 5.82 Å². The first kappa shape index (κ1) is 22.0. The van der Waals surface area contributed by atoms with E-state index in [2.05, 4.69) is 37.0 Å². The van der Waals surface area contributed by atoms with Crippen molar-refractivity contribution >= 4 is 5.82 Å². The van der Waals surface area contributed by atoms with E-state index in [1.54, 1.807) is 27.4 Å². The summed E-state index contributed by atoms with van der Waals surface area (Å²) in [7, 11) is 4.65. The number of anilines is 1. The molecule has 2 N–H and O–H groups in total. The summed E-state index contributed by atoms with van der Waals surface area (Å²) in [6.07, 6.45) is 1.01. The van der Waals surface area contributed by atoms with Crippen molar-refractivity contribution in [2.75, 3.05) is 27.1 Å². The Balaban J connectivity index is 2.18. The number of hydrogen-bond acceptors (Lipinski definition) is 6. The van der Waals surface area contributed by atoms with E-state index < -0.39 is 0 Å². The molecule has 0 bridgehead atoms. The van der Waals surface area contributed by atoms with Crippen LogP contribution in [0.15, 0.2) is 42.5 Å². The highest BCUT2D eigenvalue weighted by Gasteiger charge is 2.21. The summed E-state index contributed by atoms with van der Waals surface area (Å²) in [6.45, 7) is 4.39. The Hall–Kier alpha value is -3.72. The number of benzene rings is 2. The van der Waals surface area contributed by atoms with Gasteiger partial charge in [-0.2, -0.15) is 5.26 Å². The SMILES string of the molecule is COc1ccc(-c2cc(-c3ccc(CC(C)C)cc3)nc(N)c2C#N)c(OC)c1OC. The molecule has 0 radical (unpaired) electrons. The molecule has 0 spiro atoms. The number of nitrogens with two attached hydrogens (primary N) is 1. The molecule has 0 aliphatic carbocycles. The molecule has 0 aliphatic rings. The van der Waals surface area contributed by atoms with E-state index in [0.717, 1.165) is 12.0 Å². The molecular formula is C25H27N3O3. The zero-order valence-electron chi connectivity index (χ0n) is 18.5. The van der Waals surface area contributed by atoms with E-state index in [0.29, 0.717) is 40.0 Å². The molecule has 6 nitrogen and oxygen atoms in total. The maximum absolute atomic E-state index is 9.77. The van der Waals surface area contributed by atoms with Gasteiger partial charge in [0.15, 0.2) is 11.5 Å². The molecule has 3 rings (SSSR count). The van der Waals surface area contributed by atoms with E-state index in [9.17, 15) is 5.26 Å². The fourth-order valence-corrected chi connectivity index (χ4v) is 3.64. The molecule has 6 heteroatoms. The van der Waals surface area contributed by atoms with Crippen LogP contribution in [0, 0.1) is 17.2 Å². The highest BCUT2D eigenvalue weighted by Crippen LogP contribution is 2.46. The molecule has 0 saturated heterocycles. The van der Waals surface area contributed by atoms with Gasteiger partial charge in [0.25, 0.3) is 0 Å². The van der Waals surface area contributed by atoms with Gasteiger partial charge in [0.1, 0.15) is 17.5 Å². The highest BCUT2D eigenvalue weighted by molar-refractivity contribution is 5.85. The van der Waals surface area contributed by atoms with Crippen LogP contribution in [0.25, 0.3) is 22.4 Å². The zero-order chi connectivity index (χ0) is 22.5. The molecule has 0 amide bonds. The first-order chi connectivity index (χ1) is 14.9. The van der Waals surface area contributed by atoms with E-state index in [-0.39, 0.29) is 11.4 Å². The second kappa shape index (κ2) is 9.40. The highest BCUT2D eigenvalue weighted by atomic mass is 16.5. The molecule has 2 aromatic carbocycles. The van der Waals surface area contributed by atoms with Crippen LogP contribution in [-0.2, 0) is 6.42 Å². The average molecular weight is 418 g/mol. The minimum Gasteiger partial charge on any atom is -0.493 e. The number of rotatable bonds is 7. The van der Waals surface area contributed by atoms with Crippen molar-refractivity contribution in [1.29, 1.82) is 5.26 Å². The lowest BCUT2D eigenvalue weighted by Gasteiger charge is -2.17. The topological polar surface area (TPSA) is 90.4 Å². The van der Waals surface area contributed by atoms with E-state index in [1.165, 1.54) is 5.56 Å². The standard InChI is InChI=1S/C25H27N3O3/c1-15(2)12-16-6-8-17(9-7-16)21-13-19(20(14-26)25(27)28-21)18-10-11-22(29-3)24(31-5)23(18)30-4/h6-11,13,15H,12H2,1-5H3,(H2,27,28). The molecule has 0 atom stereocenters. The number of hydrogen-bond donors (Lipinski definition) is 1. The number of nitrogens with zero attached hydrogens (tertiary/aromatic N) is 2. The summed E-state index contributed by atoms with van der Waals surface area (Å²) in [5.41, 5.74) is 10.6. The van der Waals surface area contributed by atoms with Crippen molar-refractivity contribution in [3.63, 3.8) is 0 Å². The smallest absolute Gasteiger partial charge is 0.203 e. The van der Waals surface area contributed by atoms with Crippen LogP contribution >= 0.6 is 0 Å². The van der Waals surface area contributed by atoms with Crippen LogP contribution in [-0.4, -0.2) is 26.3 Å². The van der Waals surface area contributed by atoms with Gasteiger partial charge in [-0.25, -0.2) is 4.98 Å². The maximum Gasteiger partial charge on any atom is 0.203 e. The van der Waals surface area contributed by atoms with E-state index in [4.69, 9.17) is 19.9 Å². The minimum atomic E-state index is 0.165. The monoisotopic (exact) mass is 417 g/mol. The molecule has 3 aromatic rings. The van der Waals surface area contributed by atoms with Crippen molar-refractivity contribution in [2.24, 2.45) is 5.92 Å². The van der Waals surface area contributed by atoms with Gasteiger partial charge >= 0.3 is 0 Å². The normalized spacial score (nSPS) is 10.6. The van der Waals surface area contributed by atoms with Gasteiger partial charge in [0.05, 0.1) is 27.0 Å². The van der Waals surface area contributed by atoms with Crippen molar-refractivity contribution in [2.45, 2.75) is 20.3 Å². The van der Waals surface area contributed by atoms with E-state index >= 15 is 0 Å². The summed E-state index contributed by atoms with van der Waals surface area (Å²) in [4.78, 5) is 4.48. The Morgan fingerprint density at radius 2 is 1.61 bits per heavy atom. The zero-order valence-corrected chi connectivity index (χ0v) is 18.5. The molecule has 1 aromatic heterocycles. The Labute approximate surface area is 183 Å². The quantitative estimate of drug-likeness (QED) is 0.576. The second-order valence-electron chi connectivity index (χ2n) is 7.60. The third-order valence-corrected chi connectivity index (χ3v) is 5.05. The number of nitrogen functional groups attached to an aromatic ring is 1. The van der Waals surface area contributed by atoms with Crippen LogP contribution < -0.4 is 19.9 Å². The van der Waals surface area contributed by atoms with E-state index in [1.807, 2.05) is 24.3 Å². The van der Waals surface area contributed by atoms with Crippen molar-refractivity contribution in [3.8, 4) is 45.7 Å². The van der Waals surface area contributed by atoms with Gasteiger partial charge in [0, 0.05) is 16.7 Å². The first-order valence-electron chi connectivity index (χ1n) is 10.0. The lowest BCUT2D eigenvalue weighted by Crippen LogP contribution is -2.02. The summed E-state index contributed by atoms with van der Waals surface area (Å²) >= 11 is 0. The molecule has 0 aliphatic heterocycles. The Morgan fingerprint density at radius 3 is 2.16 bits per heavy atom. The third-order valence-electron chi connectivity index (χ3n) is 5.05. The molecule has 31 heavy (non-hydrogen) atoms. The Bertz CT molecular complexity index is 1120. The molecular weight excluding hydrogens is 390 g/mol. The number of nitriles is 1. The van der Waals surface area contributed by atoms with Crippen LogP contribution in [0.1, 0.15) is 25.0 Å². The lowest BCUT2D eigenvalue weighted by atomic mass is 9.96. The number of aromatic nitrogens is 1. The molecule has 160 valence electrons. The van der Waals surface area contributed by atoms with Crippen LogP contribution in [0.5, 0.6) is 17.2 Å². The van der Waals surface area contributed by atoms with Crippen molar-refractivity contribution in [3.05, 3.63) is 53.6 Å². The van der Waals surface area contributed by atoms with Gasteiger partial charge in [-0.1, -0.05) is 38.1 Å². The van der Waals surface area contributed by atoms with Gasteiger partial charge in [-0.05, 0) is 36.1 Å². The van der Waals surface area contributed by atoms with Crippen LogP contribution in [0.2, 0.25) is 0 Å². The molecule has 1 heterocycles. The summed E-state index contributed by atoms with van der Waals surface area (Å²) in [5, 5.41) is 9.77. The molecule has 0 fully saturated rings. The maximum atomic E-state index is 9.77. The predicted octanol–water partition coefficient (Wildman–Crippen LogP) is 5.09. The van der Waals surface area contributed by atoms with Gasteiger partial charge < -0.3 is 19.9 Å². The van der Waals surface area contributed by atoms with Crippen molar-refractivity contribution < 1.29 is 14.2 Å². The fraction of sp³-hybridized carbons (Fsp3) is 0.280. The summed E-state index contributed by atoms with van der Waals surface area (Å²) in [5.74, 6) is 2.19.